The fourth-order valence-electron chi connectivity index (χ4n) is 3.35. The normalized spacial score (nSPS) is 13.7. The van der Waals surface area contributed by atoms with Crippen molar-refractivity contribution in [2.75, 3.05) is 0 Å². The summed E-state index contributed by atoms with van der Waals surface area (Å²) in [7, 11) is 0. The van der Waals surface area contributed by atoms with Gasteiger partial charge in [0.1, 0.15) is 23.8 Å². The van der Waals surface area contributed by atoms with Crippen molar-refractivity contribution in [3.63, 3.8) is 0 Å². The first-order chi connectivity index (χ1) is 12.5. The summed E-state index contributed by atoms with van der Waals surface area (Å²) in [6.07, 6.45) is 3.63. The van der Waals surface area contributed by atoms with Crippen LogP contribution in [0.15, 0.2) is 39.5 Å². The summed E-state index contributed by atoms with van der Waals surface area (Å²) in [5.41, 5.74) is 2.59. The van der Waals surface area contributed by atoms with E-state index >= 15 is 0 Å². The van der Waals surface area contributed by atoms with Crippen molar-refractivity contribution in [2.45, 2.75) is 32.3 Å². The Morgan fingerprint density at radius 1 is 1.04 bits per heavy atom. The third-order valence-corrected chi connectivity index (χ3v) is 5.32. The SMILES string of the molecule is O=c1oc2cc(OCc3ccc(F)cc3Cl)c(Cl)cc2c2c1CCCC2. The van der Waals surface area contributed by atoms with Gasteiger partial charge in [-0.2, -0.15) is 0 Å². The average Bonchev–Trinajstić information content (AvgIpc) is 2.62. The summed E-state index contributed by atoms with van der Waals surface area (Å²) in [5.74, 6) is -0.0208. The molecule has 4 rings (SSSR count). The van der Waals surface area contributed by atoms with Crippen LogP contribution in [-0.2, 0) is 19.4 Å². The lowest BCUT2D eigenvalue weighted by Gasteiger charge is -2.17. The summed E-state index contributed by atoms with van der Waals surface area (Å²) < 4.78 is 24.3. The van der Waals surface area contributed by atoms with Crippen LogP contribution in [0.1, 0.15) is 29.5 Å². The number of aryl methyl sites for hydroxylation is 1. The van der Waals surface area contributed by atoms with E-state index in [2.05, 4.69) is 0 Å². The molecule has 0 amide bonds. The van der Waals surface area contributed by atoms with Gasteiger partial charge in [0.2, 0.25) is 0 Å². The highest BCUT2D eigenvalue weighted by atomic mass is 35.5. The van der Waals surface area contributed by atoms with E-state index in [1.807, 2.05) is 0 Å². The number of hydrogen-bond acceptors (Lipinski definition) is 3. The Balaban J connectivity index is 1.70. The second-order valence-corrected chi connectivity index (χ2v) is 7.17. The molecule has 26 heavy (non-hydrogen) atoms. The predicted octanol–water partition coefficient (Wildman–Crippen LogP) is 5.70. The quantitative estimate of drug-likeness (QED) is 0.536. The lowest BCUT2D eigenvalue weighted by atomic mass is 9.91. The molecule has 0 bridgehead atoms. The molecule has 134 valence electrons. The van der Waals surface area contributed by atoms with Crippen LogP contribution in [0, 0.1) is 5.82 Å². The maximum absolute atomic E-state index is 13.1. The molecular weight excluding hydrogens is 378 g/mol. The summed E-state index contributed by atoms with van der Waals surface area (Å²) in [5, 5.41) is 1.57. The lowest BCUT2D eigenvalue weighted by molar-refractivity contribution is 0.306. The fourth-order valence-corrected chi connectivity index (χ4v) is 3.79. The van der Waals surface area contributed by atoms with Gasteiger partial charge in [0.15, 0.2) is 0 Å². The summed E-state index contributed by atoms with van der Waals surface area (Å²) in [4.78, 5) is 12.2. The zero-order valence-electron chi connectivity index (χ0n) is 13.8. The van der Waals surface area contributed by atoms with E-state index in [4.69, 9.17) is 32.4 Å². The molecule has 2 aromatic carbocycles. The minimum absolute atomic E-state index is 0.125. The van der Waals surface area contributed by atoms with Crippen LogP contribution in [0.4, 0.5) is 4.39 Å². The highest BCUT2D eigenvalue weighted by molar-refractivity contribution is 6.33. The summed E-state index contributed by atoms with van der Waals surface area (Å²) in [6, 6.07) is 7.52. The van der Waals surface area contributed by atoms with Gasteiger partial charge in [-0.3, -0.25) is 0 Å². The van der Waals surface area contributed by atoms with Gasteiger partial charge in [0.05, 0.1) is 10.0 Å². The topological polar surface area (TPSA) is 39.4 Å². The van der Waals surface area contributed by atoms with E-state index in [-0.39, 0.29) is 17.3 Å². The molecule has 1 aliphatic rings. The molecule has 0 N–H and O–H groups in total. The molecule has 6 heteroatoms. The average molecular weight is 393 g/mol. The van der Waals surface area contributed by atoms with Crippen LogP contribution in [-0.4, -0.2) is 0 Å². The van der Waals surface area contributed by atoms with Gasteiger partial charge >= 0.3 is 5.63 Å². The molecular formula is C20H15Cl2FO3. The molecule has 1 aliphatic carbocycles. The van der Waals surface area contributed by atoms with Gasteiger partial charge in [-0.15, -0.1) is 0 Å². The van der Waals surface area contributed by atoms with Crippen molar-refractivity contribution in [1.82, 2.24) is 0 Å². The first-order valence-electron chi connectivity index (χ1n) is 8.38. The van der Waals surface area contributed by atoms with Gasteiger partial charge < -0.3 is 9.15 Å². The molecule has 3 nitrogen and oxygen atoms in total. The predicted molar refractivity (Wildman–Crippen MR) is 99.9 cm³/mol. The van der Waals surface area contributed by atoms with Crippen molar-refractivity contribution in [3.8, 4) is 5.75 Å². The van der Waals surface area contributed by atoms with Crippen LogP contribution in [0.25, 0.3) is 11.0 Å². The van der Waals surface area contributed by atoms with Crippen LogP contribution in [0.2, 0.25) is 10.0 Å². The molecule has 1 aromatic heterocycles. The smallest absolute Gasteiger partial charge is 0.339 e. The van der Waals surface area contributed by atoms with Gasteiger partial charge in [-0.05, 0) is 49.4 Å². The Morgan fingerprint density at radius 3 is 2.58 bits per heavy atom. The monoisotopic (exact) mass is 392 g/mol. The number of rotatable bonds is 3. The number of halogens is 3. The standard InChI is InChI=1S/C20H15Cl2FO3/c21-16-7-12(23)6-5-11(16)10-25-19-9-18-15(8-17(19)22)13-3-1-2-4-14(13)20(24)26-18/h5-9H,1-4,10H2. The zero-order valence-corrected chi connectivity index (χ0v) is 15.3. The molecule has 0 spiro atoms. The van der Waals surface area contributed by atoms with Gasteiger partial charge in [0, 0.05) is 22.6 Å². The van der Waals surface area contributed by atoms with E-state index in [0.717, 1.165) is 42.2 Å². The molecule has 0 radical (unpaired) electrons. The van der Waals surface area contributed by atoms with Crippen molar-refractivity contribution in [2.24, 2.45) is 0 Å². The summed E-state index contributed by atoms with van der Waals surface area (Å²) in [6.45, 7) is 0.125. The van der Waals surface area contributed by atoms with Crippen molar-refractivity contribution in [3.05, 3.63) is 73.3 Å². The lowest BCUT2D eigenvalue weighted by Crippen LogP contribution is -2.15. The van der Waals surface area contributed by atoms with Crippen molar-refractivity contribution in [1.29, 1.82) is 0 Å². The highest BCUT2D eigenvalue weighted by Gasteiger charge is 2.19. The molecule has 1 heterocycles. The highest BCUT2D eigenvalue weighted by Crippen LogP contribution is 2.35. The van der Waals surface area contributed by atoms with Gasteiger partial charge in [-0.25, -0.2) is 9.18 Å². The van der Waals surface area contributed by atoms with Gasteiger partial charge in [0.25, 0.3) is 0 Å². The third kappa shape index (κ3) is 3.19. The van der Waals surface area contributed by atoms with Crippen LogP contribution < -0.4 is 10.4 Å². The second-order valence-electron chi connectivity index (χ2n) is 6.36. The minimum atomic E-state index is -0.408. The zero-order chi connectivity index (χ0) is 18.3. The number of hydrogen-bond donors (Lipinski definition) is 0. The van der Waals surface area contributed by atoms with Crippen LogP contribution in [0.3, 0.4) is 0 Å². The molecule has 0 saturated carbocycles. The fraction of sp³-hybridized carbons (Fsp3) is 0.250. The van der Waals surface area contributed by atoms with E-state index in [1.165, 1.54) is 12.1 Å². The Labute approximate surface area is 159 Å². The van der Waals surface area contributed by atoms with E-state index in [1.54, 1.807) is 18.2 Å². The van der Waals surface area contributed by atoms with Crippen molar-refractivity contribution < 1.29 is 13.5 Å². The molecule has 0 fully saturated rings. The minimum Gasteiger partial charge on any atom is -0.487 e. The number of ether oxygens (including phenoxy) is 1. The molecule has 0 unspecified atom stereocenters. The second kappa shape index (κ2) is 6.93. The third-order valence-electron chi connectivity index (χ3n) is 4.67. The molecule has 0 aliphatic heterocycles. The first kappa shape index (κ1) is 17.4. The Bertz CT molecular complexity index is 1060. The first-order valence-corrected chi connectivity index (χ1v) is 9.13. The van der Waals surface area contributed by atoms with Gasteiger partial charge in [-0.1, -0.05) is 29.3 Å². The van der Waals surface area contributed by atoms with Crippen molar-refractivity contribution >= 4 is 34.2 Å². The maximum atomic E-state index is 13.1. The number of fused-ring (bicyclic) bond motifs is 3. The molecule has 3 aromatic rings. The van der Waals surface area contributed by atoms with E-state index < -0.39 is 5.82 Å². The molecule has 0 atom stereocenters. The molecule has 0 saturated heterocycles. The Kier molecular flexibility index (Phi) is 4.63. The van der Waals surface area contributed by atoms with Crippen LogP contribution >= 0.6 is 23.2 Å². The summed E-state index contributed by atoms with van der Waals surface area (Å²) >= 11 is 12.4. The van der Waals surface area contributed by atoms with E-state index in [9.17, 15) is 9.18 Å². The maximum Gasteiger partial charge on any atom is 0.339 e. The van der Waals surface area contributed by atoms with Crippen LogP contribution in [0.5, 0.6) is 5.75 Å². The largest absolute Gasteiger partial charge is 0.487 e. The Hall–Kier alpha value is -2.04. The van der Waals surface area contributed by atoms with E-state index in [0.29, 0.717) is 21.9 Å². The Morgan fingerprint density at radius 2 is 1.81 bits per heavy atom. The number of benzene rings is 2.